The van der Waals surface area contributed by atoms with Crippen molar-refractivity contribution in [2.24, 2.45) is 4.99 Å². The molecule has 31 heavy (non-hydrogen) atoms. The summed E-state index contributed by atoms with van der Waals surface area (Å²) in [5.41, 5.74) is 2.33. The van der Waals surface area contributed by atoms with Crippen LogP contribution >= 0.6 is 11.3 Å². The molecule has 2 aromatic carbocycles. The van der Waals surface area contributed by atoms with Crippen LogP contribution in [0.4, 0.5) is 9.52 Å². The predicted molar refractivity (Wildman–Crippen MR) is 122 cm³/mol. The van der Waals surface area contributed by atoms with Crippen molar-refractivity contribution in [3.8, 4) is 11.1 Å². The molecule has 1 aromatic heterocycles. The van der Waals surface area contributed by atoms with Crippen LogP contribution in [0.25, 0.3) is 11.1 Å². The quantitative estimate of drug-likeness (QED) is 0.446. The molecule has 2 heterocycles. The van der Waals surface area contributed by atoms with Crippen molar-refractivity contribution >= 4 is 22.4 Å². The van der Waals surface area contributed by atoms with Gasteiger partial charge in [-0.3, -0.25) is 0 Å². The third kappa shape index (κ3) is 4.91. The molecule has 0 bridgehead atoms. The van der Waals surface area contributed by atoms with Crippen molar-refractivity contribution in [3.05, 3.63) is 64.9 Å². The van der Waals surface area contributed by atoms with E-state index in [0.717, 1.165) is 35.2 Å². The first kappa shape index (κ1) is 21.4. The Hall–Kier alpha value is -2.84. The van der Waals surface area contributed by atoms with E-state index in [1.807, 2.05) is 68.4 Å². The van der Waals surface area contributed by atoms with Gasteiger partial charge < -0.3 is 14.5 Å². The Morgan fingerprint density at radius 2 is 1.87 bits per heavy atom. The Balaban J connectivity index is 1.55. The lowest BCUT2D eigenvalue weighted by Crippen LogP contribution is -2.46. The van der Waals surface area contributed by atoms with Gasteiger partial charge in [0, 0.05) is 38.7 Å². The average Bonchev–Trinajstić information content (AvgIpc) is 3.26. The van der Waals surface area contributed by atoms with Crippen molar-refractivity contribution in [2.75, 3.05) is 40.4 Å². The first-order chi connectivity index (χ1) is 15.0. The van der Waals surface area contributed by atoms with Crippen molar-refractivity contribution in [2.45, 2.75) is 12.8 Å². The highest BCUT2D eigenvalue weighted by Gasteiger charge is 2.20. The maximum absolute atomic E-state index is 14.8. The van der Waals surface area contributed by atoms with Gasteiger partial charge >= 0.3 is 0 Å². The van der Waals surface area contributed by atoms with Gasteiger partial charge in [-0.1, -0.05) is 60.7 Å². The molecule has 0 N–H and O–H groups in total. The van der Waals surface area contributed by atoms with E-state index in [1.165, 1.54) is 11.3 Å². The maximum atomic E-state index is 14.8. The third-order valence-electron chi connectivity index (χ3n) is 5.27. The average molecular weight is 440 g/mol. The topological polar surface area (TPSA) is 53.9 Å². The van der Waals surface area contributed by atoms with Crippen LogP contribution in [0.5, 0.6) is 0 Å². The number of benzene rings is 2. The molecule has 0 spiro atoms. The molecular weight excluding hydrogens is 413 g/mol. The zero-order chi connectivity index (χ0) is 21.8. The molecular formula is C23H26FN5OS. The van der Waals surface area contributed by atoms with Crippen LogP contribution in [0.15, 0.2) is 53.5 Å². The molecule has 4 rings (SSSR count). The molecule has 0 radical (unpaired) electrons. The number of morpholine rings is 1. The van der Waals surface area contributed by atoms with Gasteiger partial charge in [-0.25, -0.2) is 4.39 Å². The van der Waals surface area contributed by atoms with E-state index in [0.29, 0.717) is 23.9 Å². The molecule has 162 valence electrons. The Bertz CT molecular complexity index is 1050. The second-order valence-corrected chi connectivity index (χ2v) is 8.64. The van der Waals surface area contributed by atoms with Crippen LogP contribution in [0, 0.1) is 5.82 Å². The molecule has 1 fully saturated rings. The van der Waals surface area contributed by atoms with Crippen LogP contribution in [0.1, 0.15) is 23.4 Å². The van der Waals surface area contributed by atoms with Gasteiger partial charge in [0.2, 0.25) is 11.1 Å². The van der Waals surface area contributed by atoms with Crippen molar-refractivity contribution in [1.82, 2.24) is 20.0 Å². The molecule has 1 saturated heterocycles. The van der Waals surface area contributed by atoms with Gasteiger partial charge in [-0.05, 0) is 17.2 Å². The summed E-state index contributed by atoms with van der Waals surface area (Å²) in [5, 5.41) is 10.0. The Morgan fingerprint density at radius 1 is 1.13 bits per heavy atom. The molecule has 0 saturated carbocycles. The van der Waals surface area contributed by atoms with E-state index in [9.17, 15) is 4.39 Å². The summed E-state index contributed by atoms with van der Waals surface area (Å²) in [5.74, 6) is 0.532. The largest absolute Gasteiger partial charge is 0.378 e. The number of aliphatic imine (C=N–C) groups is 1. The lowest BCUT2D eigenvalue weighted by Gasteiger charge is -2.32. The minimum atomic E-state index is -0.236. The second-order valence-electron chi connectivity index (χ2n) is 7.66. The maximum Gasteiger partial charge on any atom is 0.234 e. The first-order valence-electron chi connectivity index (χ1n) is 10.3. The number of guanidine groups is 1. The summed E-state index contributed by atoms with van der Waals surface area (Å²) in [4.78, 5) is 8.90. The number of nitrogens with zero attached hydrogens (tertiary/aromatic N) is 5. The minimum absolute atomic E-state index is 0.0769. The monoisotopic (exact) mass is 439 g/mol. The van der Waals surface area contributed by atoms with Crippen LogP contribution in [0.2, 0.25) is 0 Å². The molecule has 0 aliphatic carbocycles. The van der Waals surface area contributed by atoms with E-state index in [1.54, 1.807) is 6.07 Å². The van der Waals surface area contributed by atoms with E-state index in [4.69, 9.17) is 9.73 Å². The normalized spacial score (nSPS) is 15.7. The van der Waals surface area contributed by atoms with Crippen molar-refractivity contribution in [1.29, 1.82) is 0 Å². The Kier molecular flexibility index (Phi) is 6.58. The zero-order valence-corrected chi connectivity index (χ0v) is 18.8. The number of rotatable bonds is 4. The number of ether oxygens (including phenoxy) is 1. The van der Waals surface area contributed by atoms with Gasteiger partial charge in [-0.15, -0.1) is 10.2 Å². The molecule has 1 aliphatic rings. The van der Waals surface area contributed by atoms with Gasteiger partial charge in [0.1, 0.15) is 10.8 Å². The molecule has 0 amide bonds. The Morgan fingerprint density at radius 3 is 2.55 bits per heavy atom. The molecule has 8 heteroatoms. The van der Waals surface area contributed by atoms with Gasteiger partial charge in [0.05, 0.1) is 13.2 Å². The van der Waals surface area contributed by atoms with E-state index < -0.39 is 0 Å². The van der Waals surface area contributed by atoms with Crippen LogP contribution in [-0.2, 0) is 4.74 Å². The standard InChI is InChI=1S/C23H26FN5OS/c1-16(18-9-10-19(20(24)15-18)17-7-5-4-6-8-17)21-26-27-22(31-21)25-23(28(2)3)29-11-13-30-14-12-29/h4-10,15-16H,11-14H2,1-3H3. The summed E-state index contributed by atoms with van der Waals surface area (Å²) in [6.07, 6.45) is 0. The summed E-state index contributed by atoms with van der Waals surface area (Å²) in [6.45, 7) is 4.99. The number of aromatic nitrogens is 2. The van der Waals surface area contributed by atoms with Crippen molar-refractivity contribution in [3.63, 3.8) is 0 Å². The zero-order valence-electron chi connectivity index (χ0n) is 18.0. The molecule has 6 nitrogen and oxygen atoms in total. The highest BCUT2D eigenvalue weighted by atomic mass is 32.1. The fourth-order valence-corrected chi connectivity index (χ4v) is 4.33. The number of hydrogen-bond acceptors (Lipinski definition) is 5. The van der Waals surface area contributed by atoms with Gasteiger partial charge in [0.25, 0.3) is 0 Å². The minimum Gasteiger partial charge on any atom is -0.378 e. The molecule has 1 aliphatic heterocycles. The summed E-state index contributed by atoms with van der Waals surface area (Å²) < 4.78 is 20.2. The second kappa shape index (κ2) is 9.53. The number of hydrogen-bond donors (Lipinski definition) is 0. The highest BCUT2D eigenvalue weighted by Crippen LogP contribution is 2.32. The Labute approximate surface area is 186 Å². The summed E-state index contributed by atoms with van der Waals surface area (Å²) >= 11 is 1.44. The SMILES string of the molecule is CC(c1ccc(-c2ccccc2)c(F)c1)c1nnc(N=C(N(C)C)N2CCOCC2)s1. The smallest absolute Gasteiger partial charge is 0.234 e. The van der Waals surface area contributed by atoms with Gasteiger partial charge in [-0.2, -0.15) is 4.99 Å². The fourth-order valence-electron chi connectivity index (χ4n) is 3.54. The van der Waals surface area contributed by atoms with Crippen LogP contribution < -0.4 is 0 Å². The van der Waals surface area contributed by atoms with Crippen LogP contribution in [-0.4, -0.2) is 66.4 Å². The first-order valence-corrected chi connectivity index (χ1v) is 11.1. The van der Waals surface area contributed by atoms with E-state index in [2.05, 4.69) is 15.1 Å². The third-order valence-corrected chi connectivity index (χ3v) is 6.27. The van der Waals surface area contributed by atoms with E-state index in [-0.39, 0.29) is 11.7 Å². The fraction of sp³-hybridized carbons (Fsp3) is 0.348. The van der Waals surface area contributed by atoms with E-state index >= 15 is 0 Å². The summed E-state index contributed by atoms with van der Waals surface area (Å²) in [7, 11) is 3.94. The lowest BCUT2D eigenvalue weighted by molar-refractivity contribution is 0.0638. The predicted octanol–water partition coefficient (Wildman–Crippen LogP) is 4.38. The molecule has 1 atom stereocenters. The van der Waals surface area contributed by atoms with Crippen molar-refractivity contribution < 1.29 is 9.13 Å². The molecule has 3 aromatic rings. The highest BCUT2D eigenvalue weighted by molar-refractivity contribution is 7.15. The van der Waals surface area contributed by atoms with Crippen LogP contribution in [0.3, 0.4) is 0 Å². The van der Waals surface area contributed by atoms with Gasteiger partial charge in [0.15, 0.2) is 0 Å². The molecule has 1 unspecified atom stereocenters. The number of halogens is 1. The lowest BCUT2D eigenvalue weighted by atomic mass is 9.97. The summed E-state index contributed by atoms with van der Waals surface area (Å²) in [6, 6.07) is 14.9.